The van der Waals surface area contributed by atoms with Crippen LogP contribution in [0, 0.1) is 0 Å². The number of hydrogen-bond donors (Lipinski definition) is 1. The highest BCUT2D eigenvalue weighted by atomic mass is 35.5. The summed E-state index contributed by atoms with van der Waals surface area (Å²) in [7, 11) is 0. The van der Waals surface area contributed by atoms with E-state index in [0.717, 1.165) is 47.1 Å². The third kappa shape index (κ3) is 6.84. The molecule has 0 aliphatic carbocycles. The van der Waals surface area contributed by atoms with Crippen LogP contribution in [0.5, 0.6) is 5.75 Å². The summed E-state index contributed by atoms with van der Waals surface area (Å²) in [5.41, 5.74) is 2.14. The number of hydrogen-bond acceptors (Lipinski definition) is 5. The van der Waals surface area contributed by atoms with E-state index < -0.39 is 5.66 Å². The molecule has 0 atom stereocenters. The summed E-state index contributed by atoms with van der Waals surface area (Å²) in [5.74, 6) is 1.04. The fraction of sp³-hybridized carbons (Fsp3) is 0.375. The highest BCUT2D eigenvalue weighted by molar-refractivity contribution is 8.16. The van der Waals surface area contributed by atoms with Crippen LogP contribution in [0.1, 0.15) is 44.7 Å². The molecule has 5 nitrogen and oxygen atoms in total. The molecule has 0 fully saturated rings. The molecule has 0 aromatic heterocycles. The number of halogens is 1. The van der Waals surface area contributed by atoms with E-state index in [1.54, 1.807) is 0 Å². The third-order valence-electron chi connectivity index (χ3n) is 4.63. The van der Waals surface area contributed by atoms with E-state index in [4.69, 9.17) is 26.3 Å². The van der Waals surface area contributed by atoms with Crippen LogP contribution in [0.15, 0.2) is 58.5 Å². The molecule has 1 aliphatic heterocycles. The first-order chi connectivity index (χ1) is 14.9. The zero-order valence-electron chi connectivity index (χ0n) is 18.2. The molecule has 31 heavy (non-hydrogen) atoms. The van der Waals surface area contributed by atoms with Crippen molar-refractivity contribution in [1.29, 1.82) is 0 Å². The summed E-state index contributed by atoms with van der Waals surface area (Å²) < 4.78 is 5.74. The lowest BCUT2D eigenvalue weighted by molar-refractivity contribution is -0.118. The Bertz CT molecular complexity index is 971. The smallest absolute Gasteiger partial charge is 0.230 e. The Hall–Kier alpha value is -2.31. The lowest BCUT2D eigenvalue weighted by Gasteiger charge is -2.09. The van der Waals surface area contributed by atoms with E-state index in [2.05, 4.69) is 12.2 Å². The van der Waals surface area contributed by atoms with Crippen molar-refractivity contribution < 1.29 is 9.53 Å². The number of thioether (sulfide) groups is 1. The SMILES string of the molecule is CCCCOc1ccc(C2=NC(C)(C)N=C2SCC(=O)NCc2ccccc2Cl)cc1. The van der Waals surface area contributed by atoms with Gasteiger partial charge >= 0.3 is 0 Å². The number of amides is 1. The van der Waals surface area contributed by atoms with Gasteiger partial charge in [-0.1, -0.05) is 54.9 Å². The number of nitrogens with zero attached hydrogens (tertiary/aromatic N) is 2. The second-order valence-corrected chi connectivity index (χ2v) is 9.13. The van der Waals surface area contributed by atoms with Crippen LogP contribution >= 0.6 is 23.4 Å². The summed E-state index contributed by atoms with van der Waals surface area (Å²) >= 11 is 7.55. The maximum atomic E-state index is 12.4. The van der Waals surface area contributed by atoms with Gasteiger partial charge in [-0.15, -0.1) is 0 Å². The second kappa shape index (κ2) is 10.8. The molecule has 2 aromatic rings. The minimum atomic E-state index is -0.540. The zero-order valence-corrected chi connectivity index (χ0v) is 19.7. The summed E-state index contributed by atoms with van der Waals surface area (Å²) in [4.78, 5) is 21.8. The molecule has 0 saturated heterocycles. The Morgan fingerprint density at radius 1 is 1.13 bits per heavy atom. The lowest BCUT2D eigenvalue weighted by Crippen LogP contribution is -2.26. The molecule has 0 bridgehead atoms. The van der Waals surface area contributed by atoms with Crippen molar-refractivity contribution in [2.24, 2.45) is 9.98 Å². The number of ether oxygens (including phenoxy) is 1. The highest BCUT2D eigenvalue weighted by Crippen LogP contribution is 2.27. The molecule has 1 N–H and O–H groups in total. The first kappa shape index (κ1) is 23.4. The van der Waals surface area contributed by atoms with Crippen LogP contribution in [0.2, 0.25) is 5.02 Å². The molecule has 1 heterocycles. The summed E-state index contributed by atoms with van der Waals surface area (Å²) in [6, 6.07) is 15.4. The molecule has 7 heteroatoms. The summed E-state index contributed by atoms with van der Waals surface area (Å²) in [5, 5.41) is 4.34. The van der Waals surface area contributed by atoms with Crippen molar-refractivity contribution in [1.82, 2.24) is 5.32 Å². The molecule has 2 aromatic carbocycles. The fourth-order valence-electron chi connectivity index (χ4n) is 3.00. The van der Waals surface area contributed by atoms with E-state index in [-0.39, 0.29) is 11.7 Å². The minimum absolute atomic E-state index is 0.0728. The van der Waals surface area contributed by atoms with Crippen LogP contribution in [-0.2, 0) is 11.3 Å². The first-order valence-corrected chi connectivity index (χ1v) is 11.8. The van der Waals surface area contributed by atoms with E-state index in [9.17, 15) is 4.79 Å². The second-order valence-electron chi connectivity index (χ2n) is 7.76. The van der Waals surface area contributed by atoms with Crippen LogP contribution < -0.4 is 10.1 Å². The van der Waals surface area contributed by atoms with Crippen LogP contribution in [0.4, 0.5) is 0 Å². The van der Waals surface area contributed by atoms with E-state index >= 15 is 0 Å². The number of nitrogens with one attached hydrogen (secondary N) is 1. The van der Waals surface area contributed by atoms with Crippen LogP contribution in [0.3, 0.4) is 0 Å². The highest BCUT2D eigenvalue weighted by Gasteiger charge is 2.28. The van der Waals surface area contributed by atoms with Gasteiger partial charge < -0.3 is 10.1 Å². The maximum absolute atomic E-state index is 12.4. The summed E-state index contributed by atoms with van der Waals surface area (Å²) in [6.45, 7) is 7.18. The van der Waals surface area contributed by atoms with Gasteiger partial charge in [-0.2, -0.15) is 0 Å². The molecule has 0 unspecified atom stereocenters. The maximum Gasteiger partial charge on any atom is 0.230 e. The third-order valence-corrected chi connectivity index (χ3v) is 5.96. The Balaban J connectivity index is 1.59. The van der Waals surface area contributed by atoms with Crippen molar-refractivity contribution in [3.63, 3.8) is 0 Å². The van der Waals surface area contributed by atoms with Gasteiger partial charge in [0.1, 0.15) is 16.5 Å². The van der Waals surface area contributed by atoms with Gasteiger partial charge in [-0.25, -0.2) is 4.99 Å². The van der Waals surface area contributed by atoms with Gasteiger partial charge in [0.2, 0.25) is 5.91 Å². The molecule has 0 saturated carbocycles. The quantitative estimate of drug-likeness (QED) is 0.505. The minimum Gasteiger partial charge on any atom is -0.494 e. The van der Waals surface area contributed by atoms with Gasteiger partial charge in [0.25, 0.3) is 0 Å². The number of benzene rings is 2. The normalized spacial score (nSPS) is 14.7. The molecule has 1 amide bonds. The van der Waals surface area contributed by atoms with Crippen molar-refractivity contribution >= 4 is 40.0 Å². The first-order valence-electron chi connectivity index (χ1n) is 10.4. The van der Waals surface area contributed by atoms with E-state index in [0.29, 0.717) is 11.6 Å². The lowest BCUT2D eigenvalue weighted by atomic mass is 10.1. The summed E-state index contributed by atoms with van der Waals surface area (Å²) in [6.07, 6.45) is 2.14. The van der Waals surface area contributed by atoms with Gasteiger partial charge in [-0.3, -0.25) is 9.79 Å². The average Bonchev–Trinajstić information content (AvgIpc) is 3.07. The topological polar surface area (TPSA) is 63.1 Å². The Morgan fingerprint density at radius 3 is 2.58 bits per heavy atom. The van der Waals surface area contributed by atoms with Crippen LogP contribution in [-0.4, -0.2) is 34.7 Å². The molecule has 0 radical (unpaired) electrons. The number of rotatable bonds is 9. The van der Waals surface area contributed by atoms with Gasteiger partial charge in [0, 0.05) is 17.1 Å². The van der Waals surface area contributed by atoms with Crippen molar-refractivity contribution in [3.05, 3.63) is 64.7 Å². The average molecular weight is 458 g/mol. The zero-order chi connectivity index (χ0) is 22.3. The van der Waals surface area contributed by atoms with Crippen molar-refractivity contribution in [2.45, 2.75) is 45.8 Å². The van der Waals surface area contributed by atoms with Crippen molar-refractivity contribution in [3.8, 4) is 5.75 Å². The molecule has 3 rings (SSSR count). The van der Waals surface area contributed by atoms with Gasteiger partial charge in [0.05, 0.1) is 18.1 Å². The Kier molecular flexibility index (Phi) is 8.15. The molecule has 1 aliphatic rings. The predicted molar refractivity (Wildman–Crippen MR) is 131 cm³/mol. The monoisotopic (exact) mass is 457 g/mol. The van der Waals surface area contributed by atoms with Crippen LogP contribution in [0.25, 0.3) is 0 Å². The fourth-order valence-corrected chi connectivity index (χ4v) is 4.16. The molecular weight excluding hydrogens is 430 g/mol. The standard InChI is InChI=1S/C24H28ClN3O2S/c1-4-5-14-30-19-12-10-17(11-13-19)22-23(28-24(2,3)27-22)31-16-21(29)26-15-18-8-6-7-9-20(18)25/h6-13H,4-5,14-16H2,1-3H3,(H,26,29). The Labute approximate surface area is 193 Å². The predicted octanol–water partition coefficient (Wildman–Crippen LogP) is 5.51. The van der Waals surface area contributed by atoms with Gasteiger partial charge in [-0.05, 0) is 56.2 Å². The Morgan fingerprint density at radius 2 is 1.87 bits per heavy atom. The van der Waals surface area contributed by atoms with Gasteiger partial charge in [0.15, 0.2) is 0 Å². The van der Waals surface area contributed by atoms with E-state index in [1.165, 1.54) is 11.8 Å². The largest absolute Gasteiger partial charge is 0.494 e. The molecule has 164 valence electrons. The van der Waals surface area contributed by atoms with E-state index in [1.807, 2.05) is 62.4 Å². The number of carbonyl (C=O) groups excluding carboxylic acids is 1. The number of carbonyl (C=O) groups is 1. The number of aliphatic imine (C=N–C) groups is 2. The molecule has 0 spiro atoms. The molecular formula is C24H28ClN3O2S. The van der Waals surface area contributed by atoms with Crippen molar-refractivity contribution in [2.75, 3.05) is 12.4 Å². The number of unbranched alkanes of at least 4 members (excludes halogenated alkanes) is 1.